The molecule has 1 atom stereocenters. The molecule has 1 N–H and O–H groups in total. The van der Waals surface area contributed by atoms with Gasteiger partial charge in [0.05, 0.1) is 12.8 Å². The number of hydrogen-bond donors (Lipinski definition) is 1. The summed E-state index contributed by atoms with van der Waals surface area (Å²) in [6.45, 7) is 7.55. The van der Waals surface area contributed by atoms with E-state index in [1.54, 1.807) is 6.26 Å². The molecule has 4 nitrogen and oxygen atoms in total. The normalized spacial score (nSPS) is 19.9. The summed E-state index contributed by atoms with van der Waals surface area (Å²) < 4.78 is 5.35. The van der Waals surface area contributed by atoms with Gasteiger partial charge in [0.25, 0.3) is 0 Å². The molecule has 1 saturated heterocycles. The van der Waals surface area contributed by atoms with Crippen LogP contribution in [0.15, 0.2) is 27.8 Å². The van der Waals surface area contributed by atoms with E-state index in [4.69, 9.17) is 4.42 Å². The van der Waals surface area contributed by atoms with Crippen LogP contribution in [0.3, 0.4) is 0 Å². The van der Waals surface area contributed by atoms with Crippen LogP contribution in [0.1, 0.15) is 38.9 Å². The molecule has 1 aromatic rings. The molecule has 20 heavy (non-hydrogen) atoms. The lowest BCUT2D eigenvalue weighted by atomic mass is 9.87. The van der Waals surface area contributed by atoms with Crippen LogP contribution in [0.5, 0.6) is 0 Å². The Kier molecular flexibility index (Phi) is 5.50. The third kappa shape index (κ3) is 3.56. The van der Waals surface area contributed by atoms with Crippen LogP contribution < -0.4 is 5.32 Å². The molecule has 0 radical (unpaired) electrons. The van der Waals surface area contributed by atoms with E-state index >= 15 is 0 Å². The van der Waals surface area contributed by atoms with Crippen molar-refractivity contribution >= 4 is 5.96 Å². The summed E-state index contributed by atoms with van der Waals surface area (Å²) in [5.74, 6) is 3.60. The number of likely N-dealkylation sites (tertiary alicyclic amines) is 1. The van der Waals surface area contributed by atoms with E-state index in [1.807, 2.05) is 19.2 Å². The second-order valence-electron chi connectivity index (χ2n) is 5.55. The molecule has 0 aromatic carbocycles. The van der Waals surface area contributed by atoms with Crippen LogP contribution in [0.2, 0.25) is 0 Å². The molecule has 0 aliphatic carbocycles. The van der Waals surface area contributed by atoms with Crippen molar-refractivity contribution in [1.29, 1.82) is 0 Å². The summed E-state index contributed by atoms with van der Waals surface area (Å²) in [6.07, 6.45) is 5.56. The van der Waals surface area contributed by atoms with Crippen molar-refractivity contribution in [3.63, 3.8) is 0 Å². The van der Waals surface area contributed by atoms with E-state index in [2.05, 4.69) is 29.1 Å². The predicted octanol–water partition coefficient (Wildman–Crippen LogP) is 3.11. The minimum absolute atomic E-state index is 0.700. The lowest BCUT2D eigenvalue weighted by molar-refractivity contribution is 0.318. The smallest absolute Gasteiger partial charge is 0.194 e. The number of guanidine groups is 1. The van der Waals surface area contributed by atoms with Gasteiger partial charge in [0.2, 0.25) is 0 Å². The maximum atomic E-state index is 5.35. The molecule has 112 valence electrons. The Morgan fingerprint density at radius 2 is 2.30 bits per heavy atom. The highest BCUT2D eigenvalue weighted by Crippen LogP contribution is 2.28. The Labute approximate surface area is 122 Å². The van der Waals surface area contributed by atoms with Gasteiger partial charge in [-0.1, -0.05) is 26.7 Å². The summed E-state index contributed by atoms with van der Waals surface area (Å²) in [5.41, 5.74) is 0. The topological polar surface area (TPSA) is 40.8 Å². The van der Waals surface area contributed by atoms with Gasteiger partial charge in [0.15, 0.2) is 5.96 Å². The van der Waals surface area contributed by atoms with Gasteiger partial charge in [-0.2, -0.15) is 0 Å². The molecule has 1 aliphatic rings. The van der Waals surface area contributed by atoms with Crippen LogP contribution in [-0.4, -0.2) is 31.0 Å². The lowest BCUT2D eigenvalue weighted by Crippen LogP contribution is -2.40. The molecule has 0 spiro atoms. The highest BCUT2D eigenvalue weighted by molar-refractivity contribution is 5.80. The van der Waals surface area contributed by atoms with Crippen LogP contribution >= 0.6 is 0 Å². The first kappa shape index (κ1) is 14.9. The fourth-order valence-electron chi connectivity index (χ4n) is 3.23. The maximum Gasteiger partial charge on any atom is 0.194 e. The van der Waals surface area contributed by atoms with Crippen molar-refractivity contribution in [3.05, 3.63) is 24.2 Å². The number of rotatable bonds is 5. The molecule has 1 aliphatic heterocycles. The van der Waals surface area contributed by atoms with Gasteiger partial charge in [0.1, 0.15) is 5.76 Å². The summed E-state index contributed by atoms with van der Waals surface area (Å²) in [4.78, 5) is 6.79. The molecule has 0 amide bonds. The average Bonchev–Trinajstić information content (AvgIpc) is 3.13. The van der Waals surface area contributed by atoms with Crippen molar-refractivity contribution < 1.29 is 4.42 Å². The Balaban J connectivity index is 1.86. The third-order valence-corrected chi connectivity index (χ3v) is 4.45. The Morgan fingerprint density at radius 3 is 2.90 bits per heavy atom. The Hall–Kier alpha value is -1.45. The molecule has 1 fully saturated rings. The molecule has 0 bridgehead atoms. The first-order chi connectivity index (χ1) is 9.78. The molecular formula is C16H27N3O. The number of furan rings is 1. The molecule has 2 rings (SSSR count). The van der Waals surface area contributed by atoms with E-state index in [1.165, 1.54) is 19.3 Å². The number of aliphatic imine (C=N–C) groups is 1. The summed E-state index contributed by atoms with van der Waals surface area (Å²) in [6, 6.07) is 3.90. The predicted molar refractivity (Wildman–Crippen MR) is 82.7 cm³/mol. The first-order valence-electron chi connectivity index (χ1n) is 7.76. The van der Waals surface area contributed by atoms with Crippen LogP contribution in [0.25, 0.3) is 0 Å². The molecular weight excluding hydrogens is 250 g/mol. The van der Waals surface area contributed by atoms with Gasteiger partial charge in [-0.3, -0.25) is 4.99 Å². The van der Waals surface area contributed by atoms with Crippen LogP contribution in [0.4, 0.5) is 0 Å². The second-order valence-corrected chi connectivity index (χ2v) is 5.55. The fourth-order valence-corrected chi connectivity index (χ4v) is 3.23. The lowest BCUT2D eigenvalue weighted by Gasteiger charge is -2.24. The van der Waals surface area contributed by atoms with Gasteiger partial charge in [0, 0.05) is 20.1 Å². The van der Waals surface area contributed by atoms with E-state index in [9.17, 15) is 0 Å². The van der Waals surface area contributed by atoms with Gasteiger partial charge in [-0.25, -0.2) is 0 Å². The minimum atomic E-state index is 0.700. The second kappa shape index (κ2) is 7.36. The van der Waals surface area contributed by atoms with E-state index in [-0.39, 0.29) is 0 Å². The van der Waals surface area contributed by atoms with Gasteiger partial charge < -0.3 is 14.6 Å². The quantitative estimate of drug-likeness (QED) is 0.664. The zero-order valence-corrected chi connectivity index (χ0v) is 12.9. The highest BCUT2D eigenvalue weighted by atomic mass is 16.3. The molecule has 4 heteroatoms. The van der Waals surface area contributed by atoms with E-state index < -0.39 is 0 Å². The molecule has 1 unspecified atom stereocenters. The zero-order valence-electron chi connectivity index (χ0n) is 12.9. The van der Waals surface area contributed by atoms with Crippen molar-refractivity contribution in [2.24, 2.45) is 16.8 Å². The van der Waals surface area contributed by atoms with Gasteiger partial charge in [-0.05, 0) is 30.4 Å². The molecule has 0 saturated carbocycles. The summed E-state index contributed by atoms with van der Waals surface area (Å²) in [5, 5.41) is 3.39. The highest BCUT2D eigenvalue weighted by Gasteiger charge is 2.29. The Bertz CT molecular complexity index is 409. The van der Waals surface area contributed by atoms with Crippen molar-refractivity contribution in [2.45, 2.75) is 39.7 Å². The molecule has 1 aromatic heterocycles. The van der Waals surface area contributed by atoms with Gasteiger partial charge in [-0.15, -0.1) is 0 Å². The largest absolute Gasteiger partial charge is 0.467 e. The fraction of sp³-hybridized carbons (Fsp3) is 0.688. The average molecular weight is 277 g/mol. The van der Waals surface area contributed by atoms with Crippen LogP contribution in [0, 0.1) is 11.8 Å². The number of nitrogens with one attached hydrogen (secondary N) is 1. The molecule has 2 heterocycles. The standard InChI is InChI=1S/C16H27N3O/c1-4-13(5-2)14-8-9-19(12-14)16(17-3)18-11-15-7-6-10-20-15/h6-7,10,13-14H,4-5,8-9,11-12H2,1-3H3,(H,17,18). The zero-order chi connectivity index (χ0) is 14.4. The van der Waals surface area contributed by atoms with Crippen LogP contribution in [-0.2, 0) is 6.54 Å². The number of hydrogen-bond acceptors (Lipinski definition) is 2. The van der Waals surface area contributed by atoms with Gasteiger partial charge >= 0.3 is 0 Å². The van der Waals surface area contributed by atoms with Crippen molar-refractivity contribution in [1.82, 2.24) is 10.2 Å². The van der Waals surface area contributed by atoms with Crippen molar-refractivity contribution in [2.75, 3.05) is 20.1 Å². The summed E-state index contributed by atoms with van der Waals surface area (Å²) in [7, 11) is 1.86. The number of nitrogens with zero attached hydrogens (tertiary/aromatic N) is 2. The van der Waals surface area contributed by atoms with Crippen molar-refractivity contribution in [3.8, 4) is 0 Å². The van der Waals surface area contributed by atoms with E-state index in [0.29, 0.717) is 6.54 Å². The first-order valence-corrected chi connectivity index (χ1v) is 7.76. The van der Waals surface area contributed by atoms with E-state index in [0.717, 1.165) is 36.6 Å². The summed E-state index contributed by atoms with van der Waals surface area (Å²) >= 11 is 0. The minimum Gasteiger partial charge on any atom is -0.467 e. The Morgan fingerprint density at radius 1 is 1.50 bits per heavy atom. The SMILES string of the molecule is CCC(CC)C1CCN(C(=NC)NCc2ccco2)C1. The maximum absolute atomic E-state index is 5.35. The third-order valence-electron chi connectivity index (χ3n) is 4.45. The monoisotopic (exact) mass is 277 g/mol.